The van der Waals surface area contributed by atoms with Crippen LogP contribution in [0.5, 0.6) is 5.75 Å². The van der Waals surface area contributed by atoms with Crippen molar-refractivity contribution in [3.63, 3.8) is 0 Å². The van der Waals surface area contributed by atoms with E-state index in [1.807, 2.05) is 0 Å². The molecule has 0 bridgehead atoms. The minimum absolute atomic E-state index is 0.0129. The molecule has 0 aliphatic heterocycles. The van der Waals surface area contributed by atoms with Gasteiger partial charge in [0.05, 0.1) is 10.0 Å². The average molecular weight is 219 g/mol. The maximum absolute atomic E-state index is 9.33. The molecule has 0 aliphatic carbocycles. The molecule has 13 heavy (non-hydrogen) atoms. The number of rotatable bonds is 0. The molecule has 0 saturated heterocycles. The monoisotopic (exact) mass is 218 g/mol. The van der Waals surface area contributed by atoms with E-state index in [9.17, 15) is 5.11 Å². The second-order valence-electron chi connectivity index (χ2n) is 4.04. The van der Waals surface area contributed by atoms with E-state index >= 15 is 0 Å². The van der Waals surface area contributed by atoms with Gasteiger partial charge >= 0.3 is 0 Å². The smallest absolute Gasteiger partial charge is 0.152 e. The number of hydrogen-bond donors (Lipinski definition) is 1. The third kappa shape index (κ3) is 2.29. The topological polar surface area (TPSA) is 20.2 Å². The number of aromatic hydroxyl groups is 1. The van der Waals surface area contributed by atoms with Crippen molar-refractivity contribution in [2.45, 2.75) is 26.2 Å². The summed E-state index contributed by atoms with van der Waals surface area (Å²) < 4.78 is 0. The normalized spacial score (nSPS) is 11.8. The number of phenols is 1. The first kappa shape index (κ1) is 10.7. The van der Waals surface area contributed by atoms with Gasteiger partial charge in [0.25, 0.3) is 0 Å². The molecule has 0 aromatic heterocycles. The van der Waals surface area contributed by atoms with Crippen LogP contribution in [0.25, 0.3) is 0 Å². The van der Waals surface area contributed by atoms with E-state index in [-0.39, 0.29) is 11.2 Å². The summed E-state index contributed by atoms with van der Waals surface area (Å²) in [6.45, 7) is 6.18. The summed E-state index contributed by atoms with van der Waals surface area (Å²) in [5.41, 5.74) is 1.00. The van der Waals surface area contributed by atoms with Gasteiger partial charge in [-0.15, -0.1) is 0 Å². The highest BCUT2D eigenvalue weighted by Crippen LogP contribution is 2.36. The van der Waals surface area contributed by atoms with E-state index in [0.717, 1.165) is 5.56 Å². The molecule has 0 atom stereocenters. The molecule has 0 unspecified atom stereocenters. The first-order valence-electron chi connectivity index (χ1n) is 4.01. The van der Waals surface area contributed by atoms with Crippen molar-refractivity contribution in [1.29, 1.82) is 0 Å². The van der Waals surface area contributed by atoms with Crippen LogP contribution < -0.4 is 0 Å². The molecule has 1 rings (SSSR count). The van der Waals surface area contributed by atoms with Gasteiger partial charge in [-0.1, -0.05) is 44.0 Å². The van der Waals surface area contributed by atoms with Crippen LogP contribution in [0.1, 0.15) is 26.3 Å². The Bertz CT molecular complexity index is 303. The minimum Gasteiger partial charge on any atom is -0.505 e. The Morgan fingerprint density at radius 1 is 1.08 bits per heavy atom. The van der Waals surface area contributed by atoms with E-state index in [4.69, 9.17) is 23.2 Å². The molecule has 0 amide bonds. The van der Waals surface area contributed by atoms with Crippen molar-refractivity contribution in [2.24, 2.45) is 0 Å². The van der Waals surface area contributed by atoms with Crippen molar-refractivity contribution >= 4 is 23.2 Å². The van der Waals surface area contributed by atoms with E-state index in [1.54, 1.807) is 12.1 Å². The van der Waals surface area contributed by atoms with E-state index in [0.29, 0.717) is 10.0 Å². The van der Waals surface area contributed by atoms with Crippen LogP contribution in [-0.2, 0) is 5.41 Å². The van der Waals surface area contributed by atoms with Gasteiger partial charge in [0, 0.05) is 0 Å². The zero-order chi connectivity index (χ0) is 10.2. The highest BCUT2D eigenvalue weighted by Gasteiger charge is 2.17. The molecule has 1 aromatic carbocycles. The van der Waals surface area contributed by atoms with Gasteiger partial charge in [-0.25, -0.2) is 0 Å². The maximum atomic E-state index is 9.33. The predicted octanol–water partition coefficient (Wildman–Crippen LogP) is 4.00. The van der Waals surface area contributed by atoms with Gasteiger partial charge in [0.15, 0.2) is 5.75 Å². The third-order valence-corrected chi connectivity index (χ3v) is 2.46. The first-order valence-corrected chi connectivity index (χ1v) is 4.76. The lowest BCUT2D eigenvalue weighted by Crippen LogP contribution is -2.10. The largest absolute Gasteiger partial charge is 0.505 e. The SMILES string of the molecule is CC(C)(C)c1cc(Cl)c(O)c(Cl)c1. The van der Waals surface area contributed by atoms with Crippen molar-refractivity contribution in [2.75, 3.05) is 0 Å². The maximum Gasteiger partial charge on any atom is 0.152 e. The molecular formula is C10H12Cl2O. The fraction of sp³-hybridized carbons (Fsp3) is 0.400. The van der Waals surface area contributed by atoms with Crippen LogP contribution in [0, 0.1) is 0 Å². The lowest BCUT2D eigenvalue weighted by atomic mass is 9.87. The lowest BCUT2D eigenvalue weighted by molar-refractivity contribution is 0.474. The number of hydrogen-bond acceptors (Lipinski definition) is 1. The van der Waals surface area contributed by atoms with Crippen molar-refractivity contribution in [1.82, 2.24) is 0 Å². The Hall–Kier alpha value is -0.400. The Morgan fingerprint density at radius 2 is 1.46 bits per heavy atom. The molecule has 0 aliphatic rings. The second-order valence-corrected chi connectivity index (χ2v) is 4.85. The molecule has 0 saturated carbocycles. The molecule has 0 spiro atoms. The standard InChI is InChI=1S/C10H12Cl2O/c1-10(2,3)6-4-7(11)9(13)8(12)5-6/h4-5,13H,1-3H3. The second kappa shape index (κ2) is 3.39. The van der Waals surface area contributed by atoms with Gasteiger partial charge in [-0.2, -0.15) is 0 Å². The molecular weight excluding hydrogens is 207 g/mol. The Labute approximate surface area is 88.3 Å². The van der Waals surface area contributed by atoms with E-state index < -0.39 is 0 Å². The molecule has 72 valence electrons. The van der Waals surface area contributed by atoms with Gasteiger partial charge in [0.1, 0.15) is 0 Å². The Morgan fingerprint density at radius 3 is 1.77 bits per heavy atom. The zero-order valence-electron chi connectivity index (χ0n) is 7.86. The van der Waals surface area contributed by atoms with E-state index in [1.165, 1.54) is 0 Å². The molecule has 3 heteroatoms. The molecule has 0 heterocycles. The van der Waals surface area contributed by atoms with Crippen LogP contribution in [0.3, 0.4) is 0 Å². The molecule has 0 radical (unpaired) electrons. The van der Waals surface area contributed by atoms with Crippen LogP contribution >= 0.6 is 23.2 Å². The van der Waals surface area contributed by atoms with Crippen LogP contribution in [0.4, 0.5) is 0 Å². The summed E-state index contributed by atoms with van der Waals surface area (Å²) in [5, 5.41) is 9.94. The molecule has 1 nitrogen and oxygen atoms in total. The van der Waals surface area contributed by atoms with Crippen LogP contribution in [0.15, 0.2) is 12.1 Å². The van der Waals surface area contributed by atoms with Gasteiger partial charge < -0.3 is 5.11 Å². The average Bonchev–Trinajstić information content (AvgIpc) is 1.97. The highest BCUT2D eigenvalue weighted by atomic mass is 35.5. The quantitative estimate of drug-likeness (QED) is 0.699. The highest BCUT2D eigenvalue weighted by molar-refractivity contribution is 6.37. The lowest BCUT2D eigenvalue weighted by Gasteiger charge is -2.19. The van der Waals surface area contributed by atoms with Gasteiger partial charge in [-0.3, -0.25) is 0 Å². The Kier molecular flexibility index (Phi) is 2.79. The summed E-state index contributed by atoms with van der Waals surface area (Å²) in [7, 11) is 0. The number of halogens is 2. The molecule has 0 fully saturated rings. The first-order chi connectivity index (χ1) is 5.82. The summed E-state index contributed by atoms with van der Waals surface area (Å²) in [5.74, 6) is -0.0451. The Balaban J connectivity index is 3.29. The summed E-state index contributed by atoms with van der Waals surface area (Å²) in [6, 6.07) is 3.48. The molecule has 1 aromatic rings. The van der Waals surface area contributed by atoms with Crippen molar-refractivity contribution in [3.8, 4) is 5.75 Å². The molecule has 1 N–H and O–H groups in total. The van der Waals surface area contributed by atoms with Gasteiger partial charge in [0.2, 0.25) is 0 Å². The predicted molar refractivity (Wildman–Crippen MR) is 56.8 cm³/mol. The van der Waals surface area contributed by atoms with E-state index in [2.05, 4.69) is 20.8 Å². The van der Waals surface area contributed by atoms with Crippen LogP contribution in [0.2, 0.25) is 10.0 Å². The third-order valence-electron chi connectivity index (χ3n) is 1.88. The van der Waals surface area contributed by atoms with Crippen LogP contribution in [-0.4, -0.2) is 5.11 Å². The number of benzene rings is 1. The minimum atomic E-state index is -0.0451. The van der Waals surface area contributed by atoms with Gasteiger partial charge in [-0.05, 0) is 23.1 Å². The zero-order valence-corrected chi connectivity index (χ0v) is 9.37. The fourth-order valence-electron chi connectivity index (χ4n) is 0.999. The summed E-state index contributed by atoms with van der Waals surface area (Å²) in [6.07, 6.45) is 0. The van der Waals surface area contributed by atoms with Crippen molar-refractivity contribution < 1.29 is 5.11 Å². The number of phenolic OH excluding ortho intramolecular Hbond substituents is 1. The summed E-state index contributed by atoms with van der Waals surface area (Å²) >= 11 is 11.6. The summed E-state index contributed by atoms with van der Waals surface area (Å²) in [4.78, 5) is 0. The fourth-order valence-corrected chi connectivity index (χ4v) is 1.49. The van der Waals surface area contributed by atoms with Crippen molar-refractivity contribution in [3.05, 3.63) is 27.7 Å².